The first kappa shape index (κ1) is 8.39. The first-order chi connectivity index (χ1) is 5.25. The van der Waals surface area contributed by atoms with E-state index in [1.165, 1.54) is 0 Å². The van der Waals surface area contributed by atoms with Crippen molar-refractivity contribution >= 4 is 12.2 Å². The molecule has 1 rings (SSSR count). The predicted octanol–water partition coefficient (Wildman–Crippen LogP) is 1.15. The van der Waals surface area contributed by atoms with Crippen LogP contribution in [0.1, 0.15) is 19.8 Å². The molecule has 1 heterocycles. The molecule has 0 saturated heterocycles. The summed E-state index contributed by atoms with van der Waals surface area (Å²) >= 11 is 5.04. The van der Waals surface area contributed by atoms with E-state index in [1.807, 2.05) is 0 Å². The zero-order valence-corrected chi connectivity index (χ0v) is 7.63. The molecule has 0 bridgehead atoms. The Kier molecular flexibility index (Phi) is 2.76. The van der Waals surface area contributed by atoms with Crippen LogP contribution in [-0.4, -0.2) is 19.8 Å². The normalized spacial score (nSPS) is 10.4. The van der Waals surface area contributed by atoms with Crippen LogP contribution in [0.3, 0.4) is 0 Å². The van der Waals surface area contributed by atoms with Gasteiger partial charge in [-0.25, -0.2) is 9.36 Å². The highest BCUT2D eigenvalue weighted by Crippen LogP contribution is 1.93. The summed E-state index contributed by atoms with van der Waals surface area (Å²) in [6.45, 7) is 3.02. The van der Waals surface area contributed by atoms with Crippen LogP contribution in [0.15, 0.2) is 0 Å². The van der Waals surface area contributed by atoms with Gasteiger partial charge in [0.1, 0.15) is 0 Å². The van der Waals surface area contributed by atoms with Crippen LogP contribution in [0.4, 0.5) is 0 Å². The maximum absolute atomic E-state index is 5.04. The van der Waals surface area contributed by atoms with E-state index in [2.05, 4.69) is 17.4 Å². The molecule has 11 heavy (non-hydrogen) atoms. The Balaban J connectivity index is 2.71. The molecular formula is C6H12N4S. The maximum atomic E-state index is 5.04. The smallest absolute Gasteiger partial charge is 0.215 e. The van der Waals surface area contributed by atoms with Crippen LogP contribution >= 0.6 is 12.2 Å². The zero-order chi connectivity index (χ0) is 8.27. The van der Waals surface area contributed by atoms with Crippen molar-refractivity contribution in [2.24, 2.45) is 7.05 Å². The standard InChI is InChI=1S/C6H12N4S/c1-3-4-5-10-6(11)9(2)7-8-10/h3-5H2,1-2H3. The van der Waals surface area contributed by atoms with Crippen LogP contribution < -0.4 is 0 Å². The highest BCUT2D eigenvalue weighted by Gasteiger charge is 1.96. The average Bonchev–Trinajstić information content (AvgIpc) is 2.31. The van der Waals surface area contributed by atoms with Crippen LogP contribution in [0.25, 0.3) is 0 Å². The number of tetrazole rings is 1. The van der Waals surface area contributed by atoms with Crippen molar-refractivity contribution < 1.29 is 0 Å². The largest absolute Gasteiger partial charge is 0.222 e. The molecular weight excluding hydrogens is 160 g/mol. The van der Waals surface area contributed by atoms with Gasteiger partial charge in [0.25, 0.3) is 0 Å². The van der Waals surface area contributed by atoms with E-state index in [-0.39, 0.29) is 0 Å². The molecule has 0 amide bonds. The molecule has 0 aliphatic heterocycles. The SMILES string of the molecule is CCCCn1nnn(C)c1=S. The lowest BCUT2D eigenvalue weighted by molar-refractivity contribution is 0.548. The fourth-order valence-corrected chi connectivity index (χ4v) is 0.964. The van der Waals surface area contributed by atoms with Crippen molar-refractivity contribution in [3.63, 3.8) is 0 Å². The summed E-state index contributed by atoms with van der Waals surface area (Å²) in [4.78, 5) is 0. The van der Waals surface area contributed by atoms with Crippen LogP contribution in [-0.2, 0) is 13.6 Å². The first-order valence-corrected chi connectivity index (χ1v) is 4.13. The lowest BCUT2D eigenvalue weighted by Crippen LogP contribution is -2.00. The molecule has 1 aromatic heterocycles. The molecule has 0 aliphatic rings. The van der Waals surface area contributed by atoms with E-state index in [0.29, 0.717) is 4.77 Å². The molecule has 0 fully saturated rings. The van der Waals surface area contributed by atoms with E-state index < -0.39 is 0 Å². The van der Waals surface area contributed by atoms with Gasteiger partial charge in [-0.15, -0.1) is 0 Å². The molecule has 62 valence electrons. The number of unbranched alkanes of at least 4 members (excludes halogenated alkanes) is 1. The number of rotatable bonds is 3. The Morgan fingerprint density at radius 1 is 1.45 bits per heavy atom. The van der Waals surface area contributed by atoms with Crippen molar-refractivity contribution in [1.29, 1.82) is 0 Å². The van der Waals surface area contributed by atoms with Gasteiger partial charge in [0.05, 0.1) is 0 Å². The topological polar surface area (TPSA) is 35.6 Å². The monoisotopic (exact) mass is 172 g/mol. The Morgan fingerprint density at radius 2 is 2.18 bits per heavy atom. The minimum atomic E-state index is 0.693. The van der Waals surface area contributed by atoms with Crippen LogP contribution in [0.5, 0.6) is 0 Å². The van der Waals surface area contributed by atoms with E-state index >= 15 is 0 Å². The lowest BCUT2D eigenvalue weighted by Gasteiger charge is -1.94. The van der Waals surface area contributed by atoms with Gasteiger partial charge in [0, 0.05) is 13.6 Å². The number of aromatic nitrogens is 4. The second kappa shape index (κ2) is 3.61. The third-order valence-electron chi connectivity index (χ3n) is 1.50. The van der Waals surface area contributed by atoms with Crippen molar-refractivity contribution in [2.75, 3.05) is 0 Å². The summed E-state index contributed by atoms with van der Waals surface area (Å²) in [6, 6.07) is 0. The molecule has 0 spiro atoms. The van der Waals surface area contributed by atoms with Gasteiger partial charge in [-0.1, -0.05) is 13.3 Å². The molecule has 0 saturated carbocycles. The Bertz CT molecular complexity index is 274. The molecule has 0 N–H and O–H groups in total. The van der Waals surface area contributed by atoms with Crippen molar-refractivity contribution in [1.82, 2.24) is 19.8 Å². The fraction of sp³-hybridized carbons (Fsp3) is 0.833. The van der Waals surface area contributed by atoms with Gasteiger partial charge in [-0.2, -0.15) is 0 Å². The Morgan fingerprint density at radius 3 is 2.64 bits per heavy atom. The second-order valence-electron chi connectivity index (χ2n) is 2.46. The maximum Gasteiger partial charge on any atom is 0.215 e. The molecule has 4 nitrogen and oxygen atoms in total. The van der Waals surface area contributed by atoms with Gasteiger partial charge < -0.3 is 0 Å². The summed E-state index contributed by atoms with van der Waals surface area (Å²) in [5.74, 6) is 0. The first-order valence-electron chi connectivity index (χ1n) is 3.72. The summed E-state index contributed by atoms with van der Waals surface area (Å²) < 4.78 is 4.04. The fourth-order valence-electron chi connectivity index (χ4n) is 0.800. The van der Waals surface area contributed by atoms with E-state index in [1.54, 1.807) is 16.4 Å². The minimum absolute atomic E-state index is 0.693. The highest BCUT2D eigenvalue weighted by molar-refractivity contribution is 7.71. The second-order valence-corrected chi connectivity index (χ2v) is 2.83. The molecule has 0 radical (unpaired) electrons. The van der Waals surface area contributed by atoms with Crippen molar-refractivity contribution in [3.8, 4) is 0 Å². The van der Waals surface area contributed by atoms with Crippen LogP contribution in [0.2, 0.25) is 0 Å². The van der Waals surface area contributed by atoms with Crippen LogP contribution in [0, 0.1) is 4.77 Å². The van der Waals surface area contributed by atoms with E-state index in [4.69, 9.17) is 12.2 Å². The third kappa shape index (κ3) is 1.86. The lowest BCUT2D eigenvalue weighted by atomic mass is 10.3. The Hall–Kier alpha value is -0.710. The quantitative estimate of drug-likeness (QED) is 0.641. The third-order valence-corrected chi connectivity index (χ3v) is 1.98. The Labute approximate surface area is 70.8 Å². The molecule has 0 unspecified atom stereocenters. The number of hydrogen-bond donors (Lipinski definition) is 0. The molecule has 0 aromatic carbocycles. The van der Waals surface area contributed by atoms with Crippen molar-refractivity contribution in [2.45, 2.75) is 26.3 Å². The zero-order valence-electron chi connectivity index (χ0n) is 6.82. The summed E-state index contributed by atoms with van der Waals surface area (Å²) in [7, 11) is 1.80. The van der Waals surface area contributed by atoms with Gasteiger partial charge in [-0.05, 0) is 29.1 Å². The molecule has 0 aliphatic carbocycles. The highest BCUT2D eigenvalue weighted by atomic mass is 32.1. The predicted molar refractivity (Wildman–Crippen MR) is 44.7 cm³/mol. The molecule has 0 atom stereocenters. The van der Waals surface area contributed by atoms with E-state index in [9.17, 15) is 0 Å². The van der Waals surface area contributed by atoms with Gasteiger partial charge in [0.15, 0.2) is 0 Å². The van der Waals surface area contributed by atoms with E-state index in [0.717, 1.165) is 19.4 Å². The molecule has 1 aromatic rings. The van der Waals surface area contributed by atoms with Crippen molar-refractivity contribution in [3.05, 3.63) is 4.77 Å². The van der Waals surface area contributed by atoms with Gasteiger partial charge in [0.2, 0.25) is 4.77 Å². The average molecular weight is 172 g/mol. The minimum Gasteiger partial charge on any atom is -0.222 e. The van der Waals surface area contributed by atoms with Gasteiger partial charge >= 0.3 is 0 Å². The van der Waals surface area contributed by atoms with Gasteiger partial charge in [-0.3, -0.25) is 0 Å². The number of nitrogens with zero attached hydrogens (tertiary/aromatic N) is 4. The summed E-state index contributed by atoms with van der Waals surface area (Å²) in [6.07, 6.45) is 2.26. The summed E-state index contributed by atoms with van der Waals surface area (Å²) in [5, 5.41) is 7.67. The number of hydrogen-bond acceptors (Lipinski definition) is 3. The molecule has 5 heteroatoms. The summed E-state index contributed by atoms with van der Waals surface area (Å²) in [5.41, 5.74) is 0. The number of aryl methyl sites for hydroxylation is 2.